The average Bonchev–Trinajstić information content (AvgIpc) is 2.74. The Balaban J connectivity index is 1.85. The van der Waals surface area contributed by atoms with E-state index < -0.39 is 15.9 Å². The summed E-state index contributed by atoms with van der Waals surface area (Å²) >= 11 is 0. The van der Waals surface area contributed by atoms with Crippen LogP contribution in [0, 0.1) is 5.82 Å². The van der Waals surface area contributed by atoms with Crippen molar-refractivity contribution >= 4 is 15.9 Å². The fraction of sp³-hybridized carbons (Fsp3) is 0.350. The average molecular weight is 422 g/mol. The van der Waals surface area contributed by atoms with Crippen LogP contribution < -0.4 is 10.1 Å². The lowest BCUT2D eigenvalue weighted by molar-refractivity contribution is 0.0729. The van der Waals surface area contributed by atoms with Gasteiger partial charge < -0.3 is 14.8 Å². The number of morpholine rings is 1. The summed E-state index contributed by atoms with van der Waals surface area (Å²) in [5, 5.41) is 2.80. The van der Waals surface area contributed by atoms with E-state index in [0.29, 0.717) is 13.2 Å². The molecule has 0 aromatic heterocycles. The normalized spacial score (nSPS) is 16.2. The molecule has 1 atom stereocenters. The number of halogens is 1. The van der Waals surface area contributed by atoms with E-state index in [0.717, 1.165) is 5.56 Å². The minimum atomic E-state index is -3.84. The fourth-order valence-electron chi connectivity index (χ4n) is 3.06. The molecule has 0 unspecified atom stereocenters. The molecule has 2 aromatic carbocycles. The van der Waals surface area contributed by atoms with Gasteiger partial charge in [-0.25, -0.2) is 12.8 Å². The second-order valence-electron chi connectivity index (χ2n) is 6.63. The highest BCUT2D eigenvalue weighted by atomic mass is 32.2. The van der Waals surface area contributed by atoms with Gasteiger partial charge in [0.05, 0.1) is 26.4 Å². The molecule has 1 heterocycles. The highest BCUT2D eigenvalue weighted by Gasteiger charge is 2.30. The summed E-state index contributed by atoms with van der Waals surface area (Å²) in [6.07, 6.45) is 0. The third-order valence-corrected chi connectivity index (χ3v) is 6.65. The Morgan fingerprint density at radius 2 is 1.83 bits per heavy atom. The predicted molar refractivity (Wildman–Crippen MR) is 105 cm³/mol. The number of amides is 1. The van der Waals surface area contributed by atoms with E-state index in [-0.39, 0.29) is 41.2 Å². The van der Waals surface area contributed by atoms with E-state index in [9.17, 15) is 17.6 Å². The van der Waals surface area contributed by atoms with E-state index in [1.165, 1.54) is 41.7 Å². The number of carbonyl (C=O) groups excluding carboxylic acids is 1. The lowest BCUT2D eigenvalue weighted by Gasteiger charge is -2.26. The number of methoxy groups -OCH3 is 1. The lowest BCUT2D eigenvalue weighted by atomic mass is 10.1. The van der Waals surface area contributed by atoms with Crippen molar-refractivity contribution in [3.8, 4) is 5.75 Å². The van der Waals surface area contributed by atoms with Crippen LogP contribution in [0.4, 0.5) is 4.39 Å². The van der Waals surface area contributed by atoms with Crippen LogP contribution in [-0.4, -0.2) is 52.0 Å². The number of sulfonamides is 1. The third-order valence-electron chi connectivity index (χ3n) is 4.73. The lowest BCUT2D eigenvalue weighted by Crippen LogP contribution is -2.40. The van der Waals surface area contributed by atoms with Crippen LogP contribution in [0.2, 0.25) is 0 Å². The van der Waals surface area contributed by atoms with Gasteiger partial charge in [-0.15, -0.1) is 0 Å². The monoisotopic (exact) mass is 422 g/mol. The Bertz CT molecular complexity index is 973. The molecule has 1 amide bonds. The number of nitrogens with one attached hydrogen (secondary N) is 1. The van der Waals surface area contributed by atoms with E-state index in [1.54, 1.807) is 19.1 Å². The van der Waals surface area contributed by atoms with E-state index in [2.05, 4.69) is 5.32 Å². The van der Waals surface area contributed by atoms with Crippen LogP contribution in [0.3, 0.4) is 0 Å². The predicted octanol–water partition coefficient (Wildman–Crippen LogP) is 2.35. The molecule has 1 saturated heterocycles. The van der Waals surface area contributed by atoms with Gasteiger partial charge in [0.2, 0.25) is 10.0 Å². The Kier molecular flexibility index (Phi) is 6.51. The van der Waals surface area contributed by atoms with Crippen LogP contribution in [0.15, 0.2) is 47.4 Å². The number of ether oxygens (including phenoxy) is 2. The molecule has 0 bridgehead atoms. The standard InChI is InChI=1S/C20H23FN2O5S/c1-14(15-3-6-17(21)7-4-15)22-20(24)16-5-8-18(27-2)19(13-16)29(25,26)23-9-11-28-12-10-23/h3-8,13-14H,9-12H2,1-2H3,(H,22,24)/t14-/m0/s1. The highest BCUT2D eigenvalue weighted by molar-refractivity contribution is 7.89. The maximum Gasteiger partial charge on any atom is 0.251 e. The number of benzene rings is 2. The Labute approximate surface area is 169 Å². The van der Waals surface area contributed by atoms with Gasteiger partial charge in [0.25, 0.3) is 5.91 Å². The quantitative estimate of drug-likeness (QED) is 0.773. The number of hydrogen-bond acceptors (Lipinski definition) is 5. The van der Waals surface area contributed by atoms with Crippen molar-refractivity contribution < 1.29 is 27.1 Å². The number of rotatable bonds is 6. The first-order valence-electron chi connectivity index (χ1n) is 9.15. The molecule has 0 saturated carbocycles. The topological polar surface area (TPSA) is 84.9 Å². The second kappa shape index (κ2) is 8.89. The fourth-order valence-corrected chi connectivity index (χ4v) is 4.65. The molecule has 1 fully saturated rings. The molecule has 0 spiro atoms. The molecular weight excluding hydrogens is 399 g/mol. The van der Waals surface area contributed by atoms with Crippen molar-refractivity contribution in [2.75, 3.05) is 33.4 Å². The zero-order chi connectivity index (χ0) is 21.0. The van der Waals surface area contributed by atoms with Crippen molar-refractivity contribution in [2.24, 2.45) is 0 Å². The zero-order valence-corrected chi connectivity index (χ0v) is 17.0. The molecule has 156 valence electrons. The van der Waals surface area contributed by atoms with Gasteiger partial charge in [-0.2, -0.15) is 4.31 Å². The Morgan fingerprint density at radius 1 is 1.17 bits per heavy atom. The third kappa shape index (κ3) is 4.75. The molecule has 7 nitrogen and oxygen atoms in total. The molecule has 3 rings (SSSR count). The van der Waals surface area contributed by atoms with Crippen molar-refractivity contribution in [3.05, 3.63) is 59.4 Å². The Hall–Kier alpha value is -2.49. The van der Waals surface area contributed by atoms with E-state index in [4.69, 9.17) is 9.47 Å². The molecule has 2 aromatic rings. The summed E-state index contributed by atoms with van der Waals surface area (Å²) in [6.45, 7) is 2.88. The van der Waals surface area contributed by atoms with Gasteiger partial charge in [-0.05, 0) is 42.8 Å². The number of hydrogen-bond donors (Lipinski definition) is 1. The number of nitrogens with zero attached hydrogens (tertiary/aromatic N) is 1. The van der Waals surface area contributed by atoms with Crippen LogP contribution in [0.25, 0.3) is 0 Å². The van der Waals surface area contributed by atoms with Crippen LogP contribution >= 0.6 is 0 Å². The summed E-state index contributed by atoms with van der Waals surface area (Å²) in [7, 11) is -2.46. The molecule has 29 heavy (non-hydrogen) atoms. The van der Waals surface area contributed by atoms with E-state index >= 15 is 0 Å². The molecule has 1 N–H and O–H groups in total. The maximum atomic E-state index is 13.1. The summed E-state index contributed by atoms with van der Waals surface area (Å²) < 4.78 is 50.9. The van der Waals surface area contributed by atoms with Crippen LogP contribution in [0.5, 0.6) is 5.75 Å². The van der Waals surface area contributed by atoms with Gasteiger partial charge in [-0.3, -0.25) is 4.79 Å². The van der Waals surface area contributed by atoms with Gasteiger partial charge in [0.15, 0.2) is 0 Å². The summed E-state index contributed by atoms with van der Waals surface area (Å²) in [4.78, 5) is 12.6. The highest BCUT2D eigenvalue weighted by Crippen LogP contribution is 2.28. The van der Waals surface area contributed by atoms with Crippen LogP contribution in [0.1, 0.15) is 28.9 Å². The molecule has 1 aliphatic rings. The smallest absolute Gasteiger partial charge is 0.251 e. The first-order valence-corrected chi connectivity index (χ1v) is 10.6. The van der Waals surface area contributed by atoms with Crippen molar-refractivity contribution in [1.82, 2.24) is 9.62 Å². The molecule has 0 aliphatic carbocycles. The largest absolute Gasteiger partial charge is 0.495 e. The first kappa shape index (κ1) is 21.2. The molecular formula is C20H23FN2O5S. The molecule has 9 heteroatoms. The minimum absolute atomic E-state index is 0.0658. The number of carbonyl (C=O) groups is 1. The van der Waals surface area contributed by atoms with Gasteiger partial charge >= 0.3 is 0 Å². The van der Waals surface area contributed by atoms with Gasteiger partial charge in [0, 0.05) is 18.7 Å². The van der Waals surface area contributed by atoms with Gasteiger partial charge in [-0.1, -0.05) is 12.1 Å². The van der Waals surface area contributed by atoms with Crippen molar-refractivity contribution in [3.63, 3.8) is 0 Å². The summed E-state index contributed by atoms with van der Waals surface area (Å²) in [5.74, 6) is -0.636. The molecule has 0 radical (unpaired) electrons. The Morgan fingerprint density at radius 3 is 2.45 bits per heavy atom. The van der Waals surface area contributed by atoms with Gasteiger partial charge in [0.1, 0.15) is 16.5 Å². The van der Waals surface area contributed by atoms with E-state index in [1.807, 2.05) is 0 Å². The maximum absolute atomic E-state index is 13.1. The minimum Gasteiger partial charge on any atom is -0.495 e. The summed E-state index contributed by atoms with van der Waals surface area (Å²) in [6, 6.07) is 9.71. The van der Waals surface area contributed by atoms with Crippen LogP contribution in [-0.2, 0) is 14.8 Å². The second-order valence-corrected chi connectivity index (χ2v) is 8.54. The molecule has 1 aliphatic heterocycles. The first-order chi connectivity index (χ1) is 13.8. The van der Waals surface area contributed by atoms with Crippen molar-refractivity contribution in [1.29, 1.82) is 0 Å². The SMILES string of the molecule is COc1ccc(C(=O)N[C@@H](C)c2ccc(F)cc2)cc1S(=O)(=O)N1CCOCC1. The summed E-state index contributed by atoms with van der Waals surface area (Å²) in [5.41, 5.74) is 0.918. The zero-order valence-electron chi connectivity index (χ0n) is 16.2. The van der Waals surface area contributed by atoms with Crippen molar-refractivity contribution in [2.45, 2.75) is 17.9 Å².